The molecule has 0 unspecified atom stereocenters. The molecule has 0 aromatic carbocycles. The predicted molar refractivity (Wildman–Crippen MR) is 248 cm³/mol. The van der Waals surface area contributed by atoms with Crippen LogP contribution in [0.4, 0.5) is 0 Å². The summed E-state index contributed by atoms with van der Waals surface area (Å²) in [6, 6.07) is 0. The van der Waals surface area contributed by atoms with E-state index in [1.165, 1.54) is 0 Å². The summed E-state index contributed by atoms with van der Waals surface area (Å²) >= 11 is 0. The lowest BCUT2D eigenvalue weighted by Crippen LogP contribution is -2.77. The lowest BCUT2D eigenvalue weighted by Gasteiger charge is -2.75. The Kier molecular flexibility index (Phi) is 9.30. The third-order valence-electron chi connectivity index (χ3n) is 15.1. The summed E-state index contributed by atoms with van der Waals surface area (Å²) in [5.41, 5.74) is 0.342. The van der Waals surface area contributed by atoms with Crippen molar-refractivity contribution < 1.29 is 0 Å². The molecular weight excluding hydrogens is 689 g/mol. The molecule has 4 rings (SSSR count). The van der Waals surface area contributed by atoms with Crippen LogP contribution in [0.3, 0.4) is 0 Å². The van der Waals surface area contributed by atoms with Crippen molar-refractivity contribution in [1.29, 1.82) is 0 Å². The van der Waals surface area contributed by atoms with Gasteiger partial charge in [-0.15, -0.1) is 0 Å². The van der Waals surface area contributed by atoms with Crippen molar-refractivity contribution in [1.82, 2.24) is 0 Å². The molecule has 0 spiro atoms. The summed E-state index contributed by atoms with van der Waals surface area (Å²) in [4.78, 5) is 0. The number of rotatable bonds is 2. The molecule has 4 heterocycles. The Balaban J connectivity index is 2.51. The van der Waals surface area contributed by atoms with Crippen LogP contribution in [0.2, 0.25) is 40.3 Å². The van der Waals surface area contributed by atoms with E-state index in [-0.39, 0.29) is 51.1 Å². The van der Waals surface area contributed by atoms with Gasteiger partial charge in [0.05, 0.1) is 0 Å². The maximum absolute atomic E-state index is 2.70. The predicted octanol–water partition coefficient (Wildman–Crippen LogP) is 16.8. The van der Waals surface area contributed by atoms with E-state index in [1.54, 1.807) is 0 Å². The highest BCUT2D eigenvalue weighted by Crippen LogP contribution is 2.87. The average Bonchev–Trinajstić information content (AvgIpc) is 3.62. The zero-order valence-electron chi connectivity index (χ0n) is 41.0. The number of hydrogen-bond donors (Lipinski definition) is 0. The minimum absolute atomic E-state index is 0.171. The molecule has 0 aromatic rings. The smallest absolute Gasteiger partial charge is 0.0697 e. The zero-order chi connectivity index (χ0) is 41.6. The van der Waals surface area contributed by atoms with Crippen molar-refractivity contribution in [2.45, 2.75) is 248 Å². The Morgan fingerprint density at radius 3 is 0.423 bits per heavy atom. The van der Waals surface area contributed by atoms with Crippen molar-refractivity contribution in [2.75, 3.05) is 0 Å². The van der Waals surface area contributed by atoms with Crippen molar-refractivity contribution in [2.24, 2.45) is 10.8 Å². The summed E-state index contributed by atoms with van der Waals surface area (Å²) < 4.78 is 0. The molecule has 0 aromatic heterocycles. The van der Waals surface area contributed by atoms with Gasteiger partial charge in [0.1, 0.15) is 32.3 Å². The first kappa shape index (κ1) is 44.5. The highest BCUT2D eigenvalue weighted by Gasteiger charge is 2.85. The molecule has 4 aliphatic heterocycles. The van der Waals surface area contributed by atoms with Crippen LogP contribution in [0.1, 0.15) is 208 Å². The van der Waals surface area contributed by atoms with E-state index in [1.807, 2.05) is 41.6 Å². The number of fused-ring (bicyclic) bond motifs is 1. The first-order valence-electron chi connectivity index (χ1n) is 21.2. The molecule has 0 saturated heterocycles. The Morgan fingerprint density at radius 2 is 0.327 bits per heavy atom. The fourth-order valence-corrected chi connectivity index (χ4v) is 53.1. The molecule has 0 N–H and O–H groups in total. The molecule has 0 saturated carbocycles. The van der Waals surface area contributed by atoms with Crippen LogP contribution in [0, 0.1) is 10.8 Å². The van der Waals surface area contributed by atoms with Crippen LogP contribution in [0.15, 0.2) is 41.6 Å². The molecule has 0 amide bonds. The molecule has 4 aliphatic rings. The lowest BCUT2D eigenvalue weighted by molar-refractivity contribution is 0.522. The Morgan fingerprint density at radius 1 is 0.192 bits per heavy atom. The maximum Gasteiger partial charge on any atom is 0.127 e. The van der Waals surface area contributed by atoms with Crippen LogP contribution in [0.5, 0.6) is 0 Å². The summed E-state index contributed by atoms with van der Waals surface area (Å²) in [6.45, 7) is 79.5. The van der Waals surface area contributed by atoms with Gasteiger partial charge in [-0.1, -0.05) is 249 Å². The summed E-state index contributed by atoms with van der Waals surface area (Å²) in [6.07, 6.45) is 0. The largest absolute Gasteiger partial charge is 0.127 e. The monoisotopic (exact) mass is 779 g/mol. The first-order valence-corrected chi connectivity index (χ1v) is 29.2. The van der Waals surface area contributed by atoms with Gasteiger partial charge in [0.2, 0.25) is 0 Å². The fourth-order valence-electron chi connectivity index (χ4n) is 15.7. The van der Waals surface area contributed by atoms with Gasteiger partial charge in [0, 0.05) is 0 Å². The molecule has 0 radical (unpaired) electrons. The maximum atomic E-state index is 2.70. The Bertz CT molecular complexity index is 1490. The van der Waals surface area contributed by atoms with Crippen molar-refractivity contribution in [3.05, 3.63) is 41.6 Å². The van der Waals surface area contributed by atoms with Crippen LogP contribution in [0.25, 0.3) is 0 Å². The summed E-state index contributed by atoms with van der Waals surface area (Å²) in [7, 11) is -8.94. The van der Waals surface area contributed by atoms with Crippen LogP contribution >= 0.6 is 0 Å². The van der Waals surface area contributed by atoms with Gasteiger partial charge >= 0.3 is 0 Å². The van der Waals surface area contributed by atoms with E-state index >= 15 is 0 Å². The van der Waals surface area contributed by atoms with Gasteiger partial charge in [-0.2, -0.15) is 0 Å². The normalized spacial score (nSPS) is 23.9. The number of hydrogen-bond acceptors (Lipinski definition) is 0. The first-order chi connectivity index (χ1) is 22.2. The SMILES string of the molecule is CC(C)(C)C1=C(C2=C3C(=C(C4=C(C(C)(C)C)[Si]4(C(C)(C)C)C(C)(C)C)[Si]3(C(C)(C)C)C(C)(C)C)[Si]2(C(C)(C)C)C(C)(C)C)[Si]1(C(C)(C)C)C(C)(C)C. The Hall–Kier alpha value is -0.172. The highest BCUT2D eigenvalue weighted by atomic mass is 28.3. The van der Waals surface area contributed by atoms with Crippen LogP contribution in [-0.4, -0.2) is 32.3 Å². The van der Waals surface area contributed by atoms with E-state index in [4.69, 9.17) is 0 Å². The van der Waals surface area contributed by atoms with E-state index in [0.29, 0.717) is 0 Å². The highest BCUT2D eigenvalue weighted by molar-refractivity contribution is 7.23. The average molecular weight is 780 g/mol. The molecule has 0 atom stereocenters. The lowest BCUT2D eigenvalue weighted by atomic mass is 9.95. The molecule has 0 bridgehead atoms. The van der Waals surface area contributed by atoms with Crippen molar-refractivity contribution >= 4 is 32.3 Å². The van der Waals surface area contributed by atoms with E-state index in [2.05, 4.69) is 208 Å². The van der Waals surface area contributed by atoms with E-state index in [9.17, 15) is 0 Å². The molecule has 0 nitrogen and oxygen atoms in total. The topological polar surface area (TPSA) is 0 Å². The molecule has 0 fully saturated rings. The quantitative estimate of drug-likeness (QED) is 0.245. The molecule has 4 heteroatoms. The minimum Gasteiger partial charge on any atom is -0.0697 e. The minimum atomic E-state index is -2.37. The van der Waals surface area contributed by atoms with Gasteiger partial charge in [-0.05, 0) is 51.1 Å². The van der Waals surface area contributed by atoms with Crippen molar-refractivity contribution in [3.8, 4) is 0 Å². The second-order valence-corrected chi connectivity index (χ2v) is 50.5. The zero-order valence-corrected chi connectivity index (χ0v) is 45.0. The Labute approximate surface area is 331 Å². The van der Waals surface area contributed by atoms with Gasteiger partial charge in [-0.25, -0.2) is 0 Å². The van der Waals surface area contributed by atoms with Gasteiger partial charge < -0.3 is 0 Å². The second kappa shape index (κ2) is 10.9. The van der Waals surface area contributed by atoms with Gasteiger partial charge in [0.25, 0.3) is 0 Å². The van der Waals surface area contributed by atoms with Crippen molar-refractivity contribution in [3.63, 3.8) is 0 Å². The summed E-state index contributed by atoms with van der Waals surface area (Å²) in [5, 5.41) is 17.7. The third-order valence-corrected chi connectivity index (χ3v) is 44.9. The van der Waals surface area contributed by atoms with Crippen LogP contribution < -0.4 is 0 Å². The van der Waals surface area contributed by atoms with E-state index < -0.39 is 32.3 Å². The van der Waals surface area contributed by atoms with Gasteiger partial charge in [-0.3, -0.25) is 0 Å². The number of allylic oxidation sites excluding steroid dienone is 8. The van der Waals surface area contributed by atoms with E-state index in [0.717, 1.165) is 0 Å². The molecule has 298 valence electrons. The van der Waals surface area contributed by atoms with Crippen LogP contribution in [-0.2, 0) is 0 Å². The summed E-state index contributed by atoms with van der Waals surface area (Å²) in [5.74, 6) is 0. The third kappa shape index (κ3) is 4.89. The van der Waals surface area contributed by atoms with Gasteiger partial charge in [0.15, 0.2) is 0 Å². The standard InChI is InChI=1S/C48H90Si4/c1-39(2,3)37-35(51(37,45(19,20)21)46(22,23)24)33-31-32(49(33,41(7,8)9)42(10,11)12)34(50(31,43(13,14)15)44(16,17)18)36-38(40(4,5)6)52(36,47(25,26)27)48(28,29)30/h1-30H3. The second-order valence-electron chi connectivity index (χ2n) is 28.5. The molecular formula is C48H90Si4. The fraction of sp³-hybridized carbons (Fsp3) is 0.833. The molecule has 0 aliphatic carbocycles. The molecule has 52 heavy (non-hydrogen) atoms.